The fourth-order valence-electron chi connectivity index (χ4n) is 2.78. The van der Waals surface area contributed by atoms with E-state index in [-0.39, 0.29) is 18.8 Å². The van der Waals surface area contributed by atoms with E-state index >= 15 is 0 Å². The van der Waals surface area contributed by atoms with E-state index in [4.69, 9.17) is 5.11 Å². The van der Waals surface area contributed by atoms with Gasteiger partial charge in [-0.25, -0.2) is 9.97 Å². The Morgan fingerprint density at radius 2 is 1.92 bits per heavy atom. The predicted octanol–water partition coefficient (Wildman–Crippen LogP) is 2.37. The summed E-state index contributed by atoms with van der Waals surface area (Å²) in [5, 5.41) is 21.7. The molecule has 3 heterocycles. The number of aryl methyl sites for hydroxylation is 2. The Balaban J connectivity index is 0.00000225. The zero-order valence-corrected chi connectivity index (χ0v) is 15.5. The predicted molar refractivity (Wildman–Crippen MR) is 98.1 cm³/mol. The molecule has 0 bridgehead atoms. The number of carbonyl (C=O) groups is 1. The standard InChI is InChI=1S/C16H21N5O2S.ClH/c22-15(23)4-3-14-20-21-16(24-14)12-9-18-13(19-10-12)2-1-11-5-7-17-8-6-11;/h9-11,17H,1-8H2,(H,22,23);1H. The van der Waals surface area contributed by atoms with Gasteiger partial charge >= 0.3 is 5.97 Å². The first-order valence-electron chi connectivity index (χ1n) is 8.27. The molecule has 9 heteroatoms. The molecule has 0 aliphatic carbocycles. The zero-order chi connectivity index (χ0) is 16.8. The third-order valence-electron chi connectivity index (χ3n) is 4.21. The molecule has 1 saturated heterocycles. The van der Waals surface area contributed by atoms with Crippen molar-refractivity contribution in [3.05, 3.63) is 23.2 Å². The molecule has 136 valence electrons. The van der Waals surface area contributed by atoms with Gasteiger partial charge in [0.25, 0.3) is 0 Å². The number of hydrogen-bond donors (Lipinski definition) is 2. The Kier molecular flexibility index (Phi) is 7.67. The van der Waals surface area contributed by atoms with Crippen LogP contribution in [0.4, 0.5) is 0 Å². The highest BCUT2D eigenvalue weighted by molar-refractivity contribution is 7.14. The second kappa shape index (κ2) is 9.74. The summed E-state index contributed by atoms with van der Waals surface area (Å²) in [6, 6.07) is 0. The largest absolute Gasteiger partial charge is 0.481 e. The molecule has 2 aromatic rings. The molecule has 1 aliphatic rings. The molecule has 0 amide bonds. The topological polar surface area (TPSA) is 101 Å². The minimum absolute atomic E-state index is 0. The van der Waals surface area contributed by atoms with Crippen molar-refractivity contribution < 1.29 is 9.90 Å². The van der Waals surface area contributed by atoms with E-state index < -0.39 is 5.97 Å². The second-order valence-electron chi connectivity index (χ2n) is 6.01. The van der Waals surface area contributed by atoms with Crippen LogP contribution in [0.25, 0.3) is 10.6 Å². The van der Waals surface area contributed by atoms with Gasteiger partial charge in [0.1, 0.15) is 10.8 Å². The number of halogens is 1. The summed E-state index contributed by atoms with van der Waals surface area (Å²) in [7, 11) is 0. The summed E-state index contributed by atoms with van der Waals surface area (Å²) >= 11 is 1.40. The Morgan fingerprint density at radius 3 is 2.60 bits per heavy atom. The van der Waals surface area contributed by atoms with Gasteiger partial charge in [-0.3, -0.25) is 4.79 Å². The van der Waals surface area contributed by atoms with Crippen LogP contribution in [0.2, 0.25) is 0 Å². The van der Waals surface area contributed by atoms with Crippen LogP contribution < -0.4 is 5.32 Å². The molecular formula is C16H22ClN5O2S. The summed E-state index contributed by atoms with van der Waals surface area (Å²) in [5.41, 5.74) is 0.833. The molecule has 0 spiro atoms. The van der Waals surface area contributed by atoms with Gasteiger partial charge in [0.2, 0.25) is 0 Å². The lowest BCUT2D eigenvalue weighted by molar-refractivity contribution is -0.136. The minimum Gasteiger partial charge on any atom is -0.481 e. The molecule has 0 saturated carbocycles. The van der Waals surface area contributed by atoms with Gasteiger partial charge in [0.05, 0.1) is 6.42 Å². The number of aromatic nitrogens is 4. The summed E-state index contributed by atoms with van der Waals surface area (Å²) in [5.74, 6) is 0.815. The number of hydrogen-bond acceptors (Lipinski definition) is 7. The molecule has 0 unspecified atom stereocenters. The number of carboxylic acid groups (broad SMARTS) is 1. The molecule has 0 atom stereocenters. The summed E-state index contributed by atoms with van der Waals surface area (Å²) < 4.78 is 0. The smallest absolute Gasteiger partial charge is 0.303 e. The molecule has 7 nitrogen and oxygen atoms in total. The minimum atomic E-state index is -0.826. The molecule has 25 heavy (non-hydrogen) atoms. The average Bonchev–Trinajstić information content (AvgIpc) is 3.08. The number of carboxylic acids is 1. The Hall–Kier alpha value is -1.64. The van der Waals surface area contributed by atoms with Crippen molar-refractivity contribution in [2.45, 2.75) is 38.5 Å². The Morgan fingerprint density at radius 1 is 1.20 bits per heavy atom. The summed E-state index contributed by atoms with van der Waals surface area (Å²) in [4.78, 5) is 19.5. The van der Waals surface area contributed by atoms with Crippen molar-refractivity contribution in [3.8, 4) is 10.6 Å². The van der Waals surface area contributed by atoms with Gasteiger partial charge in [-0.05, 0) is 38.3 Å². The zero-order valence-electron chi connectivity index (χ0n) is 13.8. The van der Waals surface area contributed by atoms with E-state index in [0.717, 1.165) is 53.3 Å². The summed E-state index contributed by atoms with van der Waals surface area (Å²) in [6.07, 6.45) is 8.56. The molecule has 3 rings (SSSR count). The Bertz CT molecular complexity index is 673. The van der Waals surface area contributed by atoms with Crippen molar-refractivity contribution in [1.29, 1.82) is 0 Å². The van der Waals surface area contributed by atoms with E-state index in [1.807, 2.05) is 0 Å². The average molecular weight is 384 g/mol. The van der Waals surface area contributed by atoms with Crippen molar-refractivity contribution >= 4 is 29.7 Å². The highest BCUT2D eigenvalue weighted by atomic mass is 35.5. The maximum Gasteiger partial charge on any atom is 0.303 e. The molecular weight excluding hydrogens is 362 g/mol. The number of rotatable bonds is 7. The third kappa shape index (κ3) is 5.98. The normalized spacial score (nSPS) is 14.9. The van der Waals surface area contributed by atoms with E-state index in [1.165, 1.54) is 24.2 Å². The van der Waals surface area contributed by atoms with Crippen molar-refractivity contribution in [2.75, 3.05) is 13.1 Å². The number of nitrogens with zero attached hydrogens (tertiary/aromatic N) is 4. The van der Waals surface area contributed by atoms with Crippen molar-refractivity contribution in [2.24, 2.45) is 5.92 Å². The van der Waals surface area contributed by atoms with Gasteiger partial charge in [-0.1, -0.05) is 11.3 Å². The highest BCUT2D eigenvalue weighted by Crippen LogP contribution is 2.23. The van der Waals surface area contributed by atoms with Gasteiger partial charge in [0, 0.05) is 30.8 Å². The lowest BCUT2D eigenvalue weighted by Crippen LogP contribution is -2.28. The quantitative estimate of drug-likeness (QED) is 0.756. The lowest BCUT2D eigenvalue weighted by atomic mass is 9.93. The number of aliphatic carboxylic acids is 1. The van der Waals surface area contributed by atoms with E-state index in [1.54, 1.807) is 12.4 Å². The first-order chi connectivity index (χ1) is 11.7. The van der Waals surface area contributed by atoms with Crippen LogP contribution in [0.3, 0.4) is 0 Å². The molecule has 0 aromatic carbocycles. The maximum absolute atomic E-state index is 10.6. The Labute approximate surface area is 156 Å². The van der Waals surface area contributed by atoms with E-state index in [9.17, 15) is 4.79 Å². The lowest BCUT2D eigenvalue weighted by Gasteiger charge is -2.21. The van der Waals surface area contributed by atoms with Gasteiger partial charge in [0.15, 0.2) is 5.01 Å². The van der Waals surface area contributed by atoms with Crippen LogP contribution >= 0.6 is 23.7 Å². The first kappa shape index (κ1) is 19.7. The number of piperidine rings is 1. The van der Waals surface area contributed by atoms with Crippen LogP contribution in [-0.2, 0) is 17.6 Å². The molecule has 0 radical (unpaired) electrons. The highest BCUT2D eigenvalue weighted by Gasteiger charge is 2.14. The first-order valence-corrected chi connectivity index (χ1v) is 9.08. The van der Waals surface area contributed by atoms with Crippen molar-refractivity contribution in [3.63, 3.8) is 0 Å². The SMILES string of the molecule is Cl.O=C(O)CCc1nnc(-c2cnc(CCC3CCNCC3)nc2)s1. The van der Waals surface area contributed by atoms with Crippen LogP contribution in [0, 0.1) is 5.92 Å². The second-order valence-corrected chi connectivity index (χ2v) is 7.08. The van der Waals surface area contributed by atoms with Crippen LogP contribution in [0.1, 0.15) is 36.5 Å². The monoisotopic (exact) mass is 383 g/mol. The van der Waals surface area contributed by atoms with Crippen LogP contribution in [0.15, 0.2) is 12.4 Å². The molecule has 2 N–H and O–H groups in total. The van der Waals surface area contributed by atoms with Crippen molar-refractivity contribution in [1.82, 2.24) is 25.5 Å². The summed E-state index contributed by atoms with van der Waals surface area (Å²) in [6.45, 7) is 2.23. The van der Waals surface area contributed by atoms with Gasteiger partial charge < -0.3 is 10.4 Å². The van der Waals surface area contributed by atoms with E-state index in [2.05, 4.69) is 25.5 Å². The molecule has 2 aromatic heterocycles. The number of nitrogens with one attached hydrogen (secondary N) is 1. The van der Waals surface area contributed by atoms with Crippen LogP contribution in [0.5, 0.6) is 0 Å². The van der Waals surface area contributed by atoms with Gasteiger partial charge in [-0.15, -0.1) is 22.6 Å². The fourth-order valence-corrected chi connectivity index (χ4v) is 3.60. The molecule has 1 fully saturated rings. The fraction of sp³-hybridized carbons (Fsp3) is 0.562. The molecule has 1 aliphatic heterocycles. The van der Waals surface area contributed by atoms with E-state index in [0.29, 0.717) is 6.42 Å². The maximum atomic E-state index is 10.6. The van der Waals surface area contributed by atoms with Gasteiger partial charge in [-0.2, -0.15) is 0 Å². The van der Waals surface area contributed by atoms with Crippen LogP contribution in [-0.4, -0.2) is 44.3 Å². The third-order valence-corrected chi connectivity index (χ3v) is 5.24.